The van der Waals surface area contributed by atoms with Crippen molar-refractivity contribution in [2.75, 3.05) is 32.1 Å². The van der Waals surface area contributed by atoms with Gasteiger partial charge in [-0.2, -0.15) is 0 Å². The average molecular weight is 366 g/mol. The summed E-state index contributed by atoms with van der Waals surface area (Å²) in [6.07, 6.45) is 6.02. The molecule has 6 heteroatoms. The topological polar surface area (TPSA) is 69.6 Å². The molecule has 1 aromatic carbocycles. The zero-order chi connectivity index (χ0) is 19.0. The van der Waals surface area contributed by atoms with E-state index in [-0.39, 0.29) is 17.9 Å². The Morgan fingerprint density at radius 2 is 2.04 bits per heavy atom. The first kappa shape index (κ1) is 17.9. The van der Waals surface area contributed by atoms with Gasteiger partial charge in [0.15, 0.2) is 0 Å². The van der Waals surface area contributed by atoms with Gasteiger partial charge in [-0.15, -0.1) is 0 Å². The lowest BCUT2D eigenvalue weighted by Gasteiger charge is -2.40. The summed E-state index contributed by atoms with van der Waals surface area (Å²) in [5, 5.41) is 9.20. The van der Waals surface area contributed by atoms with Gasteiger partial charge in [0.2, 0.25) is 5.95 Å². The normalized spacial score (nSPS) is 21.4. The first-order valence-corrected chi connectivity index (χ1v) is 9.55. The molecule has 4 rings (SSSR count). The summed E-state index contributed by atoms with van der Waals surface area (Å²) >= 11 is 0. The Morgan fingerprint density at radius 1 is 1.26 bits per heavy atom. The molecule has 27 heavy (non-hydrogen) atoms. The van der Waals surface area contributed by atoms with E-state index in [1.807, 2.05) is 54.4 Å². The third-order valence-corrected chi connectivity index (χ3v) is 5.87. The molecule has 1 spiro atoms. The number of aliphatic hydroxyl groups excluding tert-OH is 1. The summed E-state index contributed by atoms with van der Waals surface area (Å²) in [4.78, 5) is 26.3. The molecule has 2 aromatic rings. The molecule has 2 aliphatic rings. The Bertz CT molecular complexity index is 846. The summed E-state index contributed by atoms with van der Waals surface area (Å²) in [5.74, 6) is 0.798. The highest BCUT2D eigenvalue weighted by Crippen LogP contribution is 2.44. The van der Waals surface area contributed by atoms with Crippen LogP contribution in [-0.2, 0) is 18.4 Å². The molecule has 2 heterocycles. The van der Waals surface area contributed by atoms with Crippen LogP contribution in [0, 0.1) is 0 Å². The van der Waals surface area contributed by atoms with E-state index in [4.69, 9.17) is 4.98 Å². The number of amides is 1. The number of nitrogens with zero attached hydrogens (tertiary/aromatic N) is 4. The summed E-state index contributed by atoms with van der Waals surface area (Å²) in [6.45, 7) is 1.49. The number of rotatable bonds is 3. The van der Waals surface area contributed by atoms with E-state index in [1.54, 1.807) is 0 Å². The molecule has 1 saturated heterocycles. The fraction of sp³-hybridized carbons (Fsp3) is 0.476. The number of aliphatic hydroxyl groups is 1. The van der Waals surface area contributed by atoms with Gasteiger partial charge in [0.05, 0.1) is 12.3 Å². The minimum Gasteiger partial charge on any atom is -0.392 e. The van der Waals surface area contributed by atoms with Gasteiger partial charge < -0.3 is 14.9 Å². The molecule has 1 N–H and O–H groups in total. The van der Waals surface area contributed by atoms with Gasteiger partial charge >= 0.3 is 0 Å². The number of hydrogen-bond acceptors (Lipinski definition) is 5. The van der Waals surface area contributed by atoms with E-state index >= 15 is 0 Å². The lowest BCUT2D eigenvalue weighted by molar-refractivity contribution is 0.0633. The SMILES string of the molecule is CN(C)c1ncc2c(n1)C1(CCCN(C(=O)c3ccc(CO)cc3)C1)CC2. The van der Waals surface area contributed by atoms with E-state index in [1.165, 1.54) is 5.56 Å². The summed E-state index contributed by atoms with van der Waals surface area (Å²) in [6, 6.07) is 7.25. The van der Waals surface area contributed by atoms with Gasteiger partial charge in [0.1, 0.15) is 0 Å². The summed E-state index contributed by atoms with van der Waals surface area (Å²) < 4.78 is 0. The van der Waals surface area contributed by atoms with E-state index in [0.717, 1.165) is 49.4 Å². The number of carbonyl (C=O) groups excluding carboxylic acids is 1. The van der Waals surface area contributed by atoms with Crippen molar-refractivity contribution in [2.45, 2.75) is 37.7 Å². The predicted molar refractivity (Wildman–Crippen MR) is 104 cm³/mol. The number of hydrogen-bond donors (Lipinski definition) is 1. The predicted octanol–water partition coefficient (Wildman–Crippen LogP) is 2.16. The number of piperidine rings is 1. The van der Waals surface area contributed by atoms with Crippen LogP contribution in [0.2, 0.25) is 0 Å². The van der Waals surface area contributed by atoms with Crippen LogP contribution in [-0.4, -0.2) is 53.1 Å². The van der Waals surface area contributed by atoms with Crippen LogP contribution in [0.4, 0.5) is 5.95 Å². The second-order valence-electron chi connectivity index (χ2n) is 7.90. The molecule has 0 saturated carbocycles. The average Bonchev–Trinajstić information content (AvgIpc) is 3.04. The Morgan fingerprint density at radius 3 is 2.74 bits per heavy atom. The Balaban J connectivity index is 1.60. The highest BCUT2D eigenvalue weighted by molar-refractivity contribution is 5.94. The van der Waals surface area contributed by atoms with E-state index in [2.05, 4.69) is 4.98 Å². The van der Waals surface area contributed by atoms with Crippen LogP contribution >= 0.6 is 0 Å². The van der Waals surface area contributed by atoms with Crippen molar-refractivity contribution in [2.24, 2.45) is 0 Å². The van der Waals surface area contributed by atoms with Gasteiger partial charge in [0.25, 0.3) is 5.91 Å². The van der Waals surface area contributed by atoms with Crippen LogP contribution in [0.1, 0.15) is 46.4 Å². The number of fused-ring (bicyclic) bond motifs is 2. The van der Waals surface area contributed by atoms with Crippen LogP contribution in [0.5, 0.6) is 0 Å². The zero-order valence-corrected chi connectivity index (χ0v) is 16.0. The fourth-order valence-corrected chi connectivity index (χ4v) is 4.39. The number of aromatic nitrogens is 2. The largest absolute Gasteiger partial charge is 0.392 e. The maximum Gasteiger partial charge on any atom is 0.253 e. The van der Waals surface area contributed by atoms with Gasteiger partial charge in [-0.05, 0) is 48.9 Å². The van der Waals surface area contributed by atoms with Crippen molar-refractivity contribution >= 4 is 11.9 Å². The number of benzene rings is 1. The first-order chi connectivity index (χ1) is 13.0. The molecule has 6 nitrogen and oxygen atoms in total. The number of carbonyl (C=O) groups is 1. The highest BCUT2D eigenvalue weighted by atomic mass is 16.3. The van der Waals surface area contributed by atoms with E-state index in [0.29, 0.717) is 12.1 Å². The number of likely N-dealkylation sites (tertiary alicyclic amines) is 1. The molecular formula is C21H26N4O2. The minimum atomic E-state index is -0.0536. The van der Waals surface area contributed by atoms with E-state index in [9.17, 15) is 9.90 Å². The van der Waals surface area contributed by atoms with Gasteiger partial charge in [-0.25, -0.2) is 9.97 Å². The second-order valence-corrected chi connectivity index (χ2v) is 7.90. The van der Waals surface area contributed by atoms with Crippen molar-refractivity contribution in [1.29, 1.82) is 0 Å². The lowest BCUT2D eigenvalue weighted by Crippen LogP contribution is -2.48. The summed E-state index contributed by atoms with van der Waals surface area (Å²) in [5.41, 5.74) is 3.80. The molecule has 0 radical (unpaired) electrons. The molecule has 0 bridgehead atoms. The Hall–Kier alpha value is -2.47. The van der Waals surface area contributed by atoms with Crippen LogP contribution in [0.25, 0.3) is 0 Å². The third-order valence-electron chi connectivity index (χ3n) is 5.87. The maximum absolute atomic E-state index is 13.0. The summed E-state index contributed by atoms with van der Waals surface area (Å²) in [7, 11) is 3.91. The molecule has 1 unspecified atom stereocenters. The van der Waals surface area contributed by atoms with Gasteiger partial charge in [0, 0.05) is 44.4 Å². The monoisotopic (exact) mass is 366 g/mol. The molecule has 1 aliphatic heterocycles. The highest BCUT2D eigenvalue weighted by Gasteiger charge is 2.44. The quantitative estimate of drug-likeness (QED) is 0.901. The van der Waals surface area contributed by atoms with Crippen molar-refractivity contribution in [3.63, 3.8) is 0 Å². The van der Waals surface area contributed by atoms with Crippen molar-refractivity contribution < 1.29 is 9.90 Å². The molecule has 1 amide bonds. The van der Waals surface area contributed by atoms with Gasteiger partial charge in [-0.1, -0.05) is 12.1 Å². The third kappa shape index (κ3) is 3.18. The minimum absolute atomic E-state index is 0.00794. The Kier molecular flexibility index (Phi) is 4.60. The maximum atomic E-state index is 13.0. The van der Waals surface area contributed by atoms with Crippen molar-refractivity contribution in [3.05, 3.63) is 52.8 Å². The first-order valence-electron chi connectivity index (χ1n) is 9.55. The molecule has 1 aliphatic carbocycles. The van der Waals surface area contributed by atoms with Crippen LogP contribution in [0.15, 0.2) is 30.5 Å². The molecule has 1 aromatic heterocycles. The molecule has 1 fully saturated rings. The molecule has 1 atom stereocenters. The van der Waals surface area contributed by atoms with Crippen LogP contribution < -0.4 is 4.90 Å². The second kappa shape index (κ2) is 6.93. The Labute approximate surface area is 159 Å². The molecule has 142 valence electrons. The standard InChI is InChI=1S/C21H26N4O2/c1-24(2)20-22-12-17-8-10-21(18(17)23-20)9-3-11-25(14-21)19(27)16-6-4-15(13-26)5-7-16/h4-7,12,26H,3,8-11,13-14H2,1-2H3. The van der Waals surface area contributed by atoms with Crippen LogP contribution in [0.3, 0.4) is 0 Å². The number of anilines is 1. The number of aryl methyl sites for hydroxylation is 1. The van der Waals surface area contributed by atoms with Crippen molar-refractivity contribution in [3.8, 4) is 0 Å². The fourth-order valence-electron chi connectivity index (χ4n) is 4.39. The smallest absolute Gasteiger partial charge is 0.253 e. The lowest BCUT2D eigenvalue weighted by atomic mass is 9.77. The molecular weight excluding hydrogens is 340 g/mol. The van der Waals surface area contributed by atoms with Gasteiger partial charge in [-0.3, -0.25) is 4.79 Å². The van der Waals surface area contributed by atoms with E-state index < -0.39 is 0 Å². The zero-order valence-electron chi connectivity index (χ0n) is 16.0. The van der Waals surface area contributed by atoms with Crippen molar-refractivity contribution in [1.82, 2.24) is 14.9 Å².